The highest BCUT2D eigenvalue weighted by molar-refractivity contribution is 5.94. The molecule has 1 aromatic carbocycles. The van der Waals surface area contributed by atoms with E-state index in [0.717, 1.165) is 0 Å². The first-order valence-corrected chi connectivity index (χ1v) is 13.7. The number of esters is 1. The third kappa shape index (κ3) is 7.42. The highest BCUT2D eigenvalue weighted by Gasteiger charge is 2.46. The van der Waals surface area contributed by atoms with Crippen LogP contribution < -0.4 is 14.8 Å². The lowest BCUT2D eigenvalue weighted by atomic mass is 9.85. The number of fused-ring (bicyclic) bond motifs is 3. The van der Waals surface area contributed by atoms with E-state index in [1.165, 1.54) is 23.2 Å². The van der Waals surface area contributed by atoms with Crippen LogP contribution in [0.3, 0.4) is 0 Å². The molecular formula is C29H34F3N3O7. The number of aromatic nitrogens is 1. The van der Waals surface area contributed by atoms with Crippen molar-refractivity contribution in [2.24, 2.45) is 5.41 Å². The number of alkyl carbamates (subject to hydrolysis) is 1. The summed E-state index contributed by atoms with van der Waals surface area (Å²) < 4.78 is 60.9. The van der Waals surface area contributed by atoms with Crippen LogP contribution in [-0.4, -0.2) is 72.2 Å². The molecule has 1 fully saturated rings. The van der Waals surface area contributed by atoms with Crippen LogP contribution in [0.25, 0.3) is 16.8 Å². The maximum Gasteiger partial charge on any atom is 0.573 e. The molecule has 0 spiro atoms. The second-order valence-electron chi connectivity index (χ2n) is 11.1. The maximum atomic E-state index is 13.9. The second kappa shape index (κ2) is 12.5. The van der Waals surface area contributed by atoms with Crippen molar-refractivity contribution in [2.75, 3.05) is 19.8 Å². The minimum atomic E-state index is -4.94. The molecule has 4 bridgehead atoms. The molecule has 3 atom stereocenters. The van der Waals surface area contributed by atoms with Gasteiger partial charge in [-0.1, -0.05) is 32.9 Å². The number of pyridine rings is 1. The Hall–Kier alpha value is -4.03. The Morgan fingerprint density at radius 3 is 2.64 bits per heavy atom. The van der Waals surface area contributed by atoms with Crippen molar-refractivity contribution < 1.29 is 46.5 Å². The van der Waals surface area contributed by atoms with Crippen LogP contribution in [0.1, 0.15) is 52.5 Å². The van der Waals surface area contributed by atoms with Crippen molar-refractivity contribution >= 4 is 34.8 Å². The highest BCUT2D eigenvalue weighted by Crippen LogP contribution is 2.37. The zero-order valence-corrected chi connectivity index (χ0v) is 23.8. The number of nitrogens with zero attached hydrogens (tertiary/aromatic N) is 2. The third-order valence-electron chi connectivity index (χ3n) is 6.87. The topological polar surface area (TPSA) is 116 Å². The number of cyclic esters (lactones) is 1. The molecule has 0 saturated carbocycles. The molecule has 1 N–H and O–H groups in total. The third-order valence-corrected chi connectivity index (χ3v) is 6.87. The van der Waals surface area contributed by atoms with Gasteiger partial charge in [-0.2, -0.15) is 0 Å². The molecule has 3 heterocycles. The zero-order chi connectivity index (χ0) is 30.7. The van der Waals surface area contributed by atoms with Gasteiger partial charge in [0.15, 0.2) is 0 Å². The van der Waals surface area contributed by atoms with Gasteiger partial charge in [0.1, 0.15) is 23.9 Å². The van der Waals surface area contributed by atoms with Crippen LogP contribution in [0.2, 0.25) is 0 Å². The smallest absolute Gasteiger partial charge is 0.472 e. The normalized spacial score (nSPS) is 22.9. The molecule has 2 aliphatic rings. The lowest BCUT2D eigenvalue weighted by molar-refractivity contribution is -0.274. The molecule has 1 saturated heterocycles. The van der Waals surface area contributed by atoms with Crippen molar-refractivity contribution in [1.82, 2.24) is 15.2 Å². The van der Waals surface area contributed by atoms with E-state index in [2.05, 4.69) is 15.0 Å². The SMILES string of the molecule is CCOC(=O)[C@@H]1C[C@@H]2CN1C(=O)[C@H](C(C)(C)C)NC(=O)OCCC/C=C/c1cc(OC(F)(F)F)c3ccnc(c3c1)O2. The first-order chi connectivity index (χ1) is 19.8. The minimum absolute atomic E-state index is 0.0203. The fraction of sp³-hybridized carbons (Fsp3) is 0.517. The maximum absolute atomic E-state index is 13.9. The summed E-state index contributed by atoms with van der Waals surface area (Å²) in [6, 6.07) is 2.21. The van der Waals surface area contributed by atoms with Gasteiger partial charge in [0.2, 0.25) is 11.8 Å². The van der Waals surface area contributed by atoms with Gasteiger partial charge in [-0.3, -0.25) is 4.79 Å². The summed E-state index contributed by atoms with van der Waals surface area (Å²) in [4.78, 5) is 45.0. The number of hydrogen-bond donors (Lipinski definition) is 1. The predicted molar refractivity (Wildman–Crippen MR) is 146 cm³/mol. The lowest BCUT2D eigenvalue weighted by Gasteiger charge is -2.34. The zero-order valence-electron chi connectivity index (χ0n) is 23.8. The number of allylic oxidation sites excluding steroid dienone is 1. The summed E-state index contributed by atoms with van der Waals surface area (Å²) in [6.45, 7) is 7.02. The summed E-state index contributed by atoms with van der Waals surface area (Å²) >= 11 is 0. The number of carbonyl (C=O) groups excluding carboxylic acids is 3. The van der Waals surface area contributed by atoms with Gasteiger partial charge in [-0.15, -0.1) is 13.2 Å². The van der Waals surface area contributed by atoms with Gasteiger partial charge in [0, 0.05) is 23.4 Å². The average Bonchev–Trinajstić information content (AvgIpc) is 3.31. The van der Waals surface area contributed by atoms with E-state index in [1.807, 2.05) is 0 Å². The molecule has 2 aromatic rings. The van der Waals surface area contributed by atoms with Gasteiger partial charge >= 0.3 is 18.4 Å². The molecular weight excluding hydrogens is 559 g/mol. The van der Waals surface area contributed by atoms with Crippen LogP contribution >= 0.6 is 0 Å². The Balaban J connectivity index is 1.79. The standard InChI is InChI=1S/C29H34F3N3O7/c1-5-39-26(37)21-15-18-16-35(21)25(36)23(28(2,3)4)34-27(38)40-12-8-6-7-9-17-13-20-19(10-11-33-24(20)41-18)22(14-17)42-29(30,31)32/h7,9-11,13-14,18,21,23H,5-6,8,12,15-16H2,1-4H3,(H,34,38)/b9-7+/t18-,21+,23-/m1/s1. The van der Waals surface area contributed by atoms with Crippen LogP contribution in [0.15, 0.2) is 30.5 Å². The summed E-state index contributed by atoms with van der Waals surface area (Å²) in [6.07, 6.45) is -0.907. The van der Waals surface area contributed by atoms with E-state index in [-0.39, 0.29) is 42.8 Å². The molecule has 2 aliphatic heterocycles. The van der Waals surface area contributed by atoms with Crippen LogP contribution in [0.5, 0.6) is 11.6 Å². The number of rotatable bonds is 3. The number of alkyl halides is 3. The Morgan fingerprint density at radius 2 is 1.95 bits per heavy atom. The van der Waals surface area contributed by atoms with Gasteiger partial charge < -0.3 is 29.2 Å². The Morgan fingerprint density at radius 1 is 1.19 bits per heavy atom. The molecule has 0 radical (unpaired) electrons. The summed E-state index contributed by atoms with van der Waals surface area (Å²) in [5, 5.41) is 3.04. The average molecular weight is 594 g/mol. The molecule has 42 heavy (non-hydrogen) atoms. The monoisotopic (exact) mass is 593 g/mol. The summed E-state index contributed by atoms with van der Waals surface area (Å²) in [5.41, 5.74) is -0.347. The fourth-order valence-corrected chi connectivity index (χ4v) is 4.95. The van der Waals surface area contributed by atoms with Crippen LogP contribution in [-0.2, 0) is 19.1 Å². The van der Waals surface area contributed by atoms with Gasteiger partial charge in [0.05, 0.1) is 19.8 Å². The number of benzene rings is 1. The van der Waals surface area contributed by atoms with Crippen molar-refractivity contribution in [2.45, 2.75) is 71.5 Å². The lowest BCUT2D eigenvalue weighted by Crippen LogP contribution is -2.57. The van der Waals surface area contributed by atoms with Crippen molar-refractivity contribution in [3.05, 3.63) is 36.0 Å². The van der Waals surface area contributed by atoms with E-state index >= 15 is 0 Å². The van der Waals surface area contributed by atoms with Crippen LogP contribution in [0, 0.1) is 5.41 Å². The molecule has 1 aromatic heterocycles. The quantitative estimate of drug-likeness (QED) is 0.495. The molecule has 0 unspecified atom stereocenters. The van der Waals surface area contributed by atoms with Crippen LogP contribution in [0.4, 0.5) is 18.0 Å². The van der Waals surface area contributed by atoms with E-state index in [1.54, 1.807) is 45.9 Å². The fourth-order valence-electron chi connectivity index (χ4n) is 4.95. The first-order valence-electron chi connectivity index (χ1n) is 13.7. The molecule has 2 amide bonds. The first kappa shape index (κ1) is 30.9. The van der Waals surface area contributed by atoms with Crippen molar-refractivity contribution in [3.63, 3.8) is 0 Å². The van der Waals surface area contributed by atoms with E-state index in [9.17, 15) is 27.6 Å². The number of amides is 2. The molecule has 10 nitrogen and oxygen atoms in total. The number of hydrogen-bond acceptors (Lipinski definition) is 8. The van der Waals surface area contributed by atoms with E-state index in [0.29, 0.717) is 18.4 Å². The molecule has 0 aliphatic carbocycles. The predicted octanol–water partition coefficient (Wildman–Crippen LogP) is 4.99. The minimum Gasteiger partial charge on any atom is -0.472 e. The van der Waals surface area contributed by atoms with Gasteiger partial charge in [0.25, 0.3) is 0 Å². The number of nitrogens with one attached hydrogen (secondary N) is 1. The van der Waals surface area contributed by atoms with E-state index in [4.69, 9.17) is 14.2 Å². The largest absolute Gasteiger partial charge is 0.573 e. The van der Waals surface area contributed by atoms with Crippen molar-refractivity contribution in [1.29, 1.82) is 0 Å². The number of ether oxygens (including phenoxy) is 4. The number of carbonyl (C=O) groups is 3. The van der Waals surface area contributed by atoms with E-state index < -0.39 is 53.7 Å². The second-order valence-corrected chi connectivity index (χ2v) is 11.1. The molecule has 13 heteroatoms. The Labute approximate surface area is 241 Å². The van der Waals surface area contributed by atoms with Gasteiger partial charge in [-0.25, -0.2) is 14.6 Å². The summed E-state index contributed by atoms with van der Waals surface area (Å²) in [5.74, 6) is -1.58. The Bertz CT molecular complexity index is 1360. The summed E-state index contributed by atoms with van der Waals surface area (Å²) in [7, 11) is 0. The number of halogens is 3. The van der Waals surface area contributed by atoms with Crippen molar-refractivity contribution in [3.8, 4) is 11.6 Å². The highest BCUT2D eigenvalue weighted by atomic mass is 19.4. The molecule has 228 valence electrons. The van der Waals surface area contributed by atoms with Gasteiger partial charge in [-0.05, 0) is 48.9 Å². The molecule has 4 rings (SSSR count). The Kier molecular flexibility index (Phi) is 9.17.